The summed E-state index contributed by atoms with van der Waals surface area (Å²) < 4.78 is 11.7. The van der Waals surface area contributed by atoms with Crippen molar-refractivity contribution in [3.8, 4) is 17.6 Å². The van der Waals surface area contributed by atoms with E-state index in [0.29, 0.717) is 30.3 Å². The van der Waals surface area contributed by atoms with Crippen LogP contribution in [0.15, 0.2) is 48.5 Å². The molecule has 4 heteroatoms. The number of rotatable bonds is 10. The van der Waals surface area contributed by atoms with Crippen LogP contribution in [0.3, 0.4) is 0 Å². The Hall–Kier alpha value is -2.80. The average molecular weight is 365 g/mol. The third-order valence-electron chi connectivity index (χ3n) is 4.34. The average Bonchev–Trinajstić information content (AvgIpc) is 2.66. The van der Waals surface area contributed by atoms with Gasteiger partial charge in [-0.25, -0.2) is 0 Å². The van der Waals surface area contributed by atoms with Gasteiger partial charge in [0.1, 0.15) is 18.1 Å². The van der Waals surface area contributed by atoms with Crippen LogP contribution >= 0.6 is 0 Å². The highest BCUT2D eigenvalue weighted by molar-refractivity contribution is 5.97. The Bertz CT molecular complexity index is 791. The summed E-state index contributed by atoms with van der Waals surface area (Å²) in [6, 6.07) is 17.5. The van der Waals surface area contributed by atoms with Crippen LogP contribution in [0.25, 0.3) is 0 Å². The molecular formula is C23H27NO3. The minimum atomic E-state index is -0.310. The smallest absolute Gasteiger partial charge is 0.163 e. The van der Waals surface area contributed by atoms with Gasteiger partial charge in [0.25, 0.3) is 0 Å². The van der Waals surface area contributed by atoms with Gasteiger partial charge in [-0.2, -0.15) is 5.26 Å². The number of ether oxygens (including phenoxy) is 2. The Kier molecular flexibility index (Phi) is 7.43. The summed E-state index contributed by atoms with van der Waals surface area (Å²) in [5, 5.41) is 9.06. The molecule has 2 aromatic carbocycles. The first-order valence-corrected chi connectivity index (χ1v) is 9.27. The van der Waals surface area contributed by atoms with Crippen molar-refractivity contribution in [2.24, 2.45) is 5.41 Å². The van der Waals surface area contributed by atoms with Gasteiger partial charge in [-0.1, -0.05) is 30.3 Å². The van der Waals surface area contributed by atoms with E-state index in [2.05, 4.69) is 6.07 Å². The second kappa shape index (κ2) is 9.78. The second-order valence-corrected chi connectivity index (χ2v) is 7.29. The fraction of sp³-hybridized carbons (Fsp3) is 0.391. The standard InChI is InChI=1S/C23H27NO3/c1-18(25)21-12-11-20(27-16-19-9-5-4-6-10-19)15-22(21)26-14-8-7-13-23(2,3)17-24/h4-6,9-12,15H,7-8,13-14,16H2,1-3H3. The largest absolute Gasteiger partial charge is 0.493 e. The van der Waals surface area contributed by atoms with E-state index >= 15 is 0 Å². The Morgan fingerprint density at radius 2 is 1.81 bits per heavy atom. The maximum Gasteiger partial charge on any atom is 0.163 e. The molecule has 0 aliphatic rings. The van der Waals surface area contributed by atoms with Gasteiger partial charge in [0.15, 0.2) is 5.78 Å². The van der Waals surface area contributed by atoms with E-state index in [1.165, 1.54) is 6.92 Å². The Morgan fingerprint density at radius 3 is 2.48 bits per heavy atom. The quantitative estimate of drug-likeness (QED) is 0.408. The number of carbonyl (C=O) groups is 1. The fourth-order valence-corrected chi connectivity index (χ4v) is 2.65. The van der Waals surface area contributed by atoms with Crippen LogP contribution in [-0.4, -0.2) is 12.4 Å². The lowest BCUT2D eigenvalue weighted by atomic mass is 9.89. The van der Waals surface area contributed by atoms with Gasteiger partial charge in [-0.05, 0) is 57.7 Å². The molecule has 0 heterocycles. The van der Waals surface area contributed by atoms with Crippen molar-refractivity contribution < 1.29 is 14.3 Å². The number of Topliss-reactive ketones (excluding diaryl/α,β-unsaturated/α-hetero) is 1. The summed E-state index contributed by atoms with van der Waals surface area (Å²) in [5.41, 5.74) is 1.32. The number of benzene rings is 2. The van der Waals surface area contributed by atoms with Crippen LogP contribution in [-0.2, 0) is 6.61 Å². The van der Waals surface area contributed by atoms with Crippen molar-refractivity contribution >= 4 is 5.78 Å². The number of carbonyl (C=O) groups excluding carboxylic acids is 1. The van der Waals surface area contributed by atoms with Crippen molar-refractivity contribution in [3.63, 3.8) is 0 Å². The highest BCUT2D eigenvalue weighted by atomic mass is 16.5. The minimum Gasteiger partial charge on any atom is -0.493 e. The van der Waals surface area contributed by atoms with Crippen molar-refractivity contribution in [1.82, 2.24) is 0 Å². The number of hydrogen-bond donors (Lipinski definition) is 0. The summed E-state index contributed by atoms with van der Waals surface area (Å²) >= 11 is 0. The monoisotopic (exact) mass is 365 g/mol. The summed E-state index contributed by atoms with van der Waals surface area (Å²) in [4.78, 5) is 11.9. The molecule has 0 radical (unpaired) electrons. The van der Waals surface area contributed by atoms with Gasteiger partial charge < -0.3 is 9.47 Å². The minimum absolute atomic E-state index is 0.0368. The molecule has 0 aromatic heterocycles. The van der Waals surface area contributed by atoms with Crippen LogP contribution < -0.4 is 9.47 Å². The van der Waals surface area contributed by atoms with Crippen molar-refractivity contribution in [1.29, 1.82) is 5.26 Å². The normalized spacial score (nSPS) is 10.9. The van der Waals surface area contributed by atoms with E-state index in [-0.39, 0.29) is 11.2 Å². The van der Waals surface area contributed by atoms with Crippen molar-refractivity contribution in [2.45, 2.75) is 46.6 Å². The summed E-state index contributed by atoms with van der Waals surface area (Å²) in [6.45, 7) is 6.37. The molecule has 0 saturated carbocycles. The first-order chi connectivity index (χ1) is 12.9. The molecule has 27 heavy (non-hydrogen) atoms. The lowest BCUT2D eigenvalue weighted by Crippen LogP contribution is -2.09. The molecule has 0 aliphatic carbocycles. The third kappa shape index (κ3) is 6.79. The van der Waals surface area contributed by atoms with Crippen LogP contribution in [0.2, 0.25) is 0 Å². The zero-order valence-corrected chi connectivity index (χ0v) is 16.3. The van der Waals surface area contributed by atoms with Crippen LogP contribution in [0, 0.1) is 16.7 Å². The molecule has 0 saturated heterocycles. The van der Waals surface area contributed by atoms with Crippen molar-refractivity contribution in [3.05, 3.63) is 59.7 Å². The van der Waals surface area contributed by atoms with E-state index in [0.717, 1.165) is 24.8 Å². The van der Waals surface area contributed by atoms with Crippen LogP contribution in [0.5, 0.6) is 11.5 Å². The van der Waals surface area contributed by atoms with Gasteiger partial charge >= 0.3 is 0 Å². The molecule has 4 nitrogen and oxygen atoms in total. The van der Waals surface area contributed by atoms with Crippen LogP contribution in [0.4, 0.5) is 0 Å². The number of ketones is 1. The lowest BCUT2D eigenvalue weighted by Gasteiger charge is -2.15. The number of unbranched alkanes of at least 4 members (excludes halogenated alkanes) is 1. The van der Waals surface area contributed by atoms with Crippen LogP contribution in [0.1, 0.15) is 56.0 Å². The summed E-state index contributed by atoms with van der Waals surface area (Å²) in [5.74, 6) is 1.18. The van der Waals surface area contributed by atoms with Gasteiger partial charge in [0, 0.05) is 6.07 Å². The molecule has 2 rings (SSSR count). The van der Waals surface area contributed by atoms with Crippen molar-refractivity contribution in [2.75, 3.05) is 6.61 Å². The summed E-state index contributed by atoms with van der Waals surface area (Å²) in [6.07, 6.45) is 2.56. The zero-order valence-electron chi connectivity index (χ0n) is 16.3. The SMILES string of the molecule is CC(=O)c1ccc(OCc2ccccc2)cc1OCCCCC(C)(C)C#N. The maximum absolute atomic E-state index is 11.9. The molecule has 0 fully saturated rings. The number of nitriles is 1. The lowest BCUT2D eigenvalue weighted by molar-refractivity contribution is 0.101. The summed E-state index contributed by atoms with van der Waals surface area (Å²) in [7, 11) is 0. The highest BCUT2D eigenvalue weighted by Crippen LogP contribution is 2.27. The molecule has 0 unspecified atom stereocenters. The first kappa shape index (κ1) is 20.5. The molecule has 0 N–H and O–H groups in total. The van der Waals surface area contributed by atoms with Gasteiger partial charge in [-0.3, -0.25) is 4.79 Å². The predicted molar refractivity (Wildman–Crippen MR) is 106 cm³/mol. The highest BCUT2D eigenvalue weighted by Gasteiger charge is 2.16. The molecule has 0 bridgehead atoms. The van der Waals surface area contributed by atoms with E-state index in [1.807, 2.05) is 44.2 Å². The van der Waals surface area contributed by atoms with E-state index in [4.69, 9.17) is 14.7 Å². The zero-order chi connectivity index (χ0) is 19.7. The fourth-order valence-electron chi connectivity index (χ4n) is 2.65. The molecule has 0 amide bonds. The topological polar surface area (TPSA) is 59.3 Å². The van der Waals surface area contributed by atoms with Gasteiger partial charge in [-0.15, -0.1) is 0 Å². The number of nitrogens with zero attached hydrogens (tertiary/aromatic N) is 1. The Balaban J connectivity index is 1.94. The van der Waals surface area contributed by atoms with Gasteiger partial charge in [0.05, 0.1) is 23.7 Å². The first-order valence-electron chi connectivity index (χ1n) is 9.27. The van der Waals surface area contributed by atoms with E-state index in [9.17, 15) is 4.79 Å². The molecule has 142 valence electrons. The number of hydrogen-bond acceptors (Lipinski definition) is 4. The predicted octanol–water partition coefficient (Wildman–Crippen LogP) is 5.57. The maximum atomic E-state index is 11.9. The second-order valence-electron chi connectivity index (χ2n) is 7.29. The molecule has 0 atom stereocenters. The van der Waals surface area contributed by atoms with Gasteiger partial charge in [0.2, 0.25) is 0 Å². The molecule has 0 spiro atoms. The molecule has 2 aromatic rings. The molecular weight excluding hydrogens is 338 g/mol. The molecule has 0 aliphatic heterocycles. The Labute approximate surface area is 161 Å². The third-order valence-corrected chi connectivity index (χ3v) is 4.34. The van der Waals surface area contributed by atoms with E-state index in [1.54, 1.807) is 18.2 Å². The van der Waals surface area contributed by atoms with E-state index < -0.39 is 0 Å². The Morgan fingerprint density at radius 1 is 1.07 bits per heavy atom.